The van der Waals surface area contributed by atoms with Crippen LogP contribution in [0.25, 0.3) is 0 Å². The van der Waals surface area contributed by atoms with Gasteiger partial charge >= 0.3 is 6.16 Å². The molecule has 1 aliphatic rings. The Morgan fingerprint density at radius 2 is 2.36 bits per heavy atom. The molecule has 0 bridgehead atoms. The molecule has 1 fully saturated rings. The second-order valence-corrected chi connectivity index (χ2v) is 3.19. The molecule has 0 aromatic heterocycles. The van der Waals surface area contributed by atoms with Crippen LogP contribution in [0.1, 0.15) is 13.8 Å². The molecule has 60 valence electrons. The van der Waals surface area contributed by atoms with Crippen molar-refractivity contribution < 1.29 is 14.3 Å². The van der Waals surface area contributed by atoms with E-state index < -0.39 is 12.3 Å². The summed E-state index contributed by atoms with van der Waals surface area (Å²) in [6.45, 7) is 4.11. The Labute approximate surface area is 65.7 Å². The van der Waals surface area contributed by atoms with Crippen molar-refractivity contribution in [3.05, 3.63) is 0 Å². The highest BCUT2D eigenvalue weighted by atomic mass is 16.7. The largest absolute Gasteiger partial charge is 0.509 e. The van der Waals surface area contributed by atoms with Crippen LogP contribution in [-0.4, -0.2) is 18.9 Å². The zero-order valence-corrected chi connectivity index (χ0v) is 6.59. The quantitative estimate of drug-likeness (QED) is 0.388. The average Bonchev–Trinajstić information content (AvgIpc) is 1.94. The van der Waals surface area contributed by atoms with Crippen molar-refractivity contribution in [1.82, 2.24) is 0 Å². The van der Waals surface area contributed by atoms with Crippen molar-refractivity contribution in [2.45, 2.75) is 20.0 Å². The predicted molar refractivity (Wildman–Crippen MR) is 38.8 cm³/mol. The van der Waals surface area contributed by atoms with Crippen molar-refractivity contribution in [2.24, 2.45) is 5.41 Å². The molecule has 0 aliphatic carbocycles. The maximum atomic E-state index is 10.6. The van der Waals surface area contributed by atoms with Crippen LogP contribution < -0.4 is 0 Å². The number of ether oxygens (including phenoxy) is 2. The van der Waals surface area contributed by atoms with Gasteiger partial charge in [0.25, 0.3) is 0 Å². The molecular weight excluding hydrogens is 144 g/mol. The van der Waals surface area contributed by atoms with Crippen LogP contribution in [0.3, 0.4) is 0 Å². The zero-order valence-electron chi connectivity index (χ0n) is 6.59. The van der Waals surface area contributed by atoms with E-state index in [4.69, 9.17) is 11.2 Å². The van der Waals surface area contributed by atoms with Crippen LogP contribution in [0.5, 0.6) is 0 Å². The minimum absolute atomic E-state index is 0.275. The molecule has 0 aromatic rings. The topological polar surface area (TPSA) is 35.5 Å². The van der Waals surface area contributed by atoms with Crippen LogP contribution in [-0.2, 0) is 9.47 Å². The van der Waals surface area contributed by atoms with E-state index in [-0.39, 0.29) is 5.41 Å². The van der Waals surface area contributed by atoms with Gasteiger partial charge in [0.05, 0.1) is 0 Å². The van der Waals surface area contributed by atoms with Gasteiger partial charge in [-0.1, -0.05) is 19.8 Å². The zero-order chi connectivity index (χ0) is 8.48. The number of terminal acetylenes is 1. The Hall–Kier alpha value is -1.17. The third-order valence-electron chi connectivity index (χ3n) is 1.64. The molecule has 1 atom stereocenters. The Morgan fingerprint density at radius 3 is 2.82 bits per heavy atom. The highest BCUT2D eigenvalue weighted by Crippen LogP contribution is 2.27. The lowest BCUT2D eigenvalue weighted by Crippen LogP contribution is -2.42. The SMILES string of the molecule is C#CC1OC(=O)OCC1(C)C. The lowest BCUT2D eigenvalue weighted by molar-refractivity contribution is -0.0720. The number of carbonyl (C=O) groups excluding carboxylic acids is 1. The third-order valence-corrected chi connectivity index (χ3v) is 1.64. The molecule has 1 heterocycles. The average molecular weight is 154 g/mol. The first-order valence-electron chi connectivity index (χ1n) is 3.36. The molecule has 0 amide bonds. The molecule has 0 aromatic carbocycles. The van der Waals surface area contributed by atoms with E-state index in [1.165, 1.54) is 0 Å². The Kier molecular flexibility index (Phi) is 1.77. The second kappa shape index (κ2) is 2.46. The van der Waals surface area contributed by atoms with Crippen LogP contribution in [0.15, 0.2) is 0 Å². The van der Waals surface area contributed by atoms with Crippen molar-refractivity contribution in [2.75, 3.05) is 6.61 Å². The van der Waals surface area contributed by atoms with Gasteiger partial charge in [-0.3, -0.25) is 0 Å². The van der Waals surface area contributed by atoms with Gasteiger partial charge in [-0.25, -0.2) is 4.79 Å². The maximum absolute atomic E-state index is 10.6. The molecule has 1 rings (SSSR count). The van der Waals surface area contributed by atoms with E-state index in [2.05, 4.69) is 10.7 Å². The highest BCUT2D eigenvalue weighted by molar-refractivity contribution is 5.61. The van der Waals surface area contributed by atoms with Gasteiger partial charge in [-0.2, -0.15) is 0 Å². The number of cyclic esters (lactones) is 2. The number of hydrogen-bond donors (Lipinski definition) is 0. The lowest BCUT2D eigenvalue weighted by atomic mass is 9.87. The van der Waals surface area contributed by atoms with Crippen LogP contribution in [0, 0.1) is 17.8 Å². The second-order valence-electron chi connectivity index (χ2n) is 3.19. The number of hydrogen-bond acceptors (Lipinski definition) is 3. The summed E-state index contributed by atoms with van der Waals surface area (Å²) in [6, 6.07) is 0. The van der Waals surface area contributed by atoms with E-state index >= 15 is 0 Å². The van der Waals surface area contributed by atoms with E-state index in [0.29, 0.717) is 6.61 Å². The minimum Gasteiger partial charge on any atom is -0.433 e. The molecule has 0 spiro atoms. The summed E-state index contributed by atoms with van der Waals surface area (Å²) < 4.78 is 9.42. The summed E-state index contributed by atoms with van der Waals surface area (Å²) in [5.74, 6) is 2.40. The smallest absolute Gasteiger partial charge is 0.433 e. The van der Waals surface area contributed by atoms with E-state index in [9.17, 15) is 4.79 Å². The molecule has 3 heteroatoms. The molecule has 0 saturated carbocycles. The summed E-state index contributed by atoms with van der Waals surface area (Å²) in [6.07, 6.45) is 4.02. The molecule has 0 radical (unpaired) electrons. The summed E-state index contributed by atoms with van der Waals surface area (Å²) in [4.78, 5) is 10.6. The van der Waals surface area contributed by atoms with Gasteiger partial charge in [-0.05, 0) is 0 Å². The van der Waals surface area contributed by atoms with Gasteiger partial charge in [-0.15, -0.1) is 6.42 Å². The van der Waals surface area contributed by atoms with Gasteiger partial charge < -0.3 is 9.47 Å². The third kappa shape index (κ3) is 1.45. The molecule has 3 nitrogen and oxygen atoms in total. The predicted octanol–water partition coefficient (Wildman–Crippen LogP) is 1.18. The molecule has 11 heavy (non-hydrogen) atoms. The first kappa shape index (κ1) is 7.93. The maximum Gasteiger partial charge on any atom is 0.509 e. The standard InChI is InChI=1S/C8H10O3/c1-4-6-8(2,3)5-10-7(9)11-6/h1,6H,5H2,2-3H3. The first-order valence-corrected chi connectivity index (χ1v) is 3.36. The summed E-state index contributed by atoms with van der Waals surface area (Å²) in [5.41, 5.74) is -0.275. The van der Waals surface area contributed by atoms with Crippen LogP contribution in [0.4, 0.5) is 4.79 Å². The van der Waals surface area contributed by atoms with Crippen LogP contribution >= 0.6 is 0 Å². The fraction of sp³-hybridized carbons (Fsp3) is 0.625. The van der Waals surface area contributed by atoms with Crippen molar-refractivity contribution >= 4 is 6.16 Å². The molecule has 1 unspecified atom stereocenters. The molecular formula is C8H10O3. The Morgan fingerprint density at radius 1 is 1.73 bits per heavy atom. The number of carbonyl (C=O) groups is 1. The van der Waals surface area contributed by atoms with Gasteiger partial charge in [0.2, 0.25) is 0 Å². The monoisotopic (exact) mass is 154 g/mol. The Bertz CT molecular complexity index is 212. The summed E-state index contributed by atoms with van der Waals surface area (Å²) >= 11 is 0. The summed E-state index contributed by atoms with van der Waals surface area (Å²) in [7, 11) is 0. The van der Waals surface area contributed by atoms with E-state index in [1.807, 2.05) is 13.8 Å². The van der Waals surface area contributed by atoms with Crippen molar-refractivity contribution in [1.29, 1.82) is 0 Å². The van der Waals surface area contributed by atoms with Gasteiger partial charge in [0.1, 0.15) is 6.61 Å². The molecule has 1 saturated heterocycles. The van der Waals surface area contributed by atoms with Gasteiger partial charge in [0, 0.05) is 5.41 Å². The minimum atomic E-state index is -0.674. The van der Waals surface area contributed by atoms with E-state index in [1.54, 1.807) is 0 Å². The number of rotatable bonds is 0. The van der Waals surface area contributed by atoms with Crippen molar-refractivity contribution in [3.8, 4) is 12.3 Å². The lowest BCUT2D eigenvalue weighted by Gasteiger charge is -2.33. The Balaban J connectivity index is 2.73. The fourth-order valence-electron chi connectivity index (χ4n) is 0.870. The molecule has 0 N–H and O–H groups in total. The normalized spacial score (nSPS) is 28.1. The molecule has 1 aliphatic heterocycles. The van der Waals surface area contributed by atoms with Gasteiger partial charge in [0.15, 0.2) is 6.10 Å². The highest BCUT2D eigenvalue weighted by Gasteiger charge is 2.37. The summed E-state index contributed by atoms with van der Waals surface area (Å²) in [5, 5.41) is 0. The fourth-order valence-corrected chi connectivity index (χ4v) is 0.870. The van der Waals surface area contributed by atoms with Crippen LogP contribution in [0.2, 0.25) is 0 Å². The first-order chi connectivity index (χ1) is 5.06. The van der Waals surface area contributed by atoms with E-state index in [0.717, 1.165) is 0 Å². The van der Waals surface area contributed by atoms with Crippen molar-refractivity contribution in [3.63, 3.8) is 0 Å².